The Morgan fingerprint density at radius 2 is 1.88 bits per heavy atom. The second kappa shape index (κ2) is 5.41. The van der Waals surface area contributed by atoms with Crippen LogP contribution in [0.4, 0.5) is 4.39 Å². The van der Waals surface area contributed by atoms with Crippen molar-refractivity contribution < 1.29 is 9.18 Å². The van der Waals surface area contributed by atoms with E-state index in [0.717, 1.165) is 18.4 Å². The van der Waals surface area contributed by atoms with Crippen LogP contribution in [-0.4, -0.2) is 17.9 Å². The van der Waals surface area contributed by atoms with Gasteiger partial charge in [-0.25, -0.2) is 4.39 Å². The molecule has 1 aliphatic heterocycles. The molecule has 2 unspecified atom stereocenters. The van der Waals surface area contributed by atoms with Crippen LogP contribution in [0.3, 0.4) is 0 Å². The Kier molecular flexibility index (Phi) is 3.89. The number of halogens is 1. The van der Waals surface area contributed by atoms with Crippen molar-refractivity contribution in [3.05, 3.63) is 35.6 Å². The second-order valence-corrected chi connectivity index (χ2v) is 4.75. The van der Waals surface area contributed by atoms with Gasteiger partial charge < -0.3 is 5.32 Å². The lowest BCUT2D eigenvalue weighted by Crippen LogP contribution is -2.46. The van der Waals surface area contributed by atoms with E-state index in [0.29, 0.717) is 24.7 Å². The Balaban J connectivity index is 1.98. The highest BCUT2D eigenvalue weighted by Gasteiger charge is 2.25. The molecule has 0 aliphatic carbocycles. The summed E-state index contributed by atoms with van der Waals surface area (Å²) in [6.07, 6.45) is 3.01. The van der Waals surface area contributed by atoms with Crippen molar-refractivity contribution in [3.63, 3.8) is 0 Å². The summed E-state index contributed by atoms with van der Waals surface area (Å²) in [4.78, 5) is 11.6. The first-order valence-electron chi connectivity index (χ1n) is 6.19. The van der Waals surface area contributed by atoms with Crippen molar-refractivity contribution in [2.24, 2.45) is 0 Å². The Morgan fingerprint density at radius 1 is 1.24 bits per heavy atom. The summed E-state index contributed by atoms with van der Waals surface area (Å²) in [5.41, 5.74) is 1.08. The molecule has 2 rings (SSSR count). The van der Waals surface area contributed by atoms with Crippen LogP contribution in [0.1, 0.15) is 31.7 Å². The van der Waals surface area contributed by atoms with Gasteiger partial charge in [-0.1, -0.05) is 19.1 Å². The summed E-state index contributed by atoms with van der Waals surface area (Å²) in [6.45, 7) is 2.09. The molecule has 1 fully saturated rings. The minimum Gasteiger partial charge on any atom is -0.310 e. The van der Waals surface area contributed by atoms with Crippen molar-refractivity contribution in [3.8, 4) is 0 Å². The highest BCUT2D eigenvalue weighted by molar-refractivity contribution is 5.80. The number of nitrogens with one attached hydrogen (secondary N) is 1. The van der Waals surface area contributed by atoms with Gasteiger partial charge in [-0.2, -0.15) is 0 Å². The molecule has 3 heteroatoms. The number of Topliss-reactive ketones (excluding diaryl/α,β-unsaturated/α-hetero) is 1. The predicted molar refractivity (Wildman–Crippen MR) is 65.3 cm³/mol. The van der Waals surface area contributed by atoms with E-state index in [4.69, 9.17) is 0 Å². The molecule has 92 valence electrons. The normalized spacial score (nSPS) is 24.9. The molecule has 0 aromatic heterocycles. The molecule has 0 bridgehead atoms. The van der Waals surface area contributed by atoms with Crippen molar-refractivity contribution in [1.82, 2.24) is 5.32 Å². The van der Waals surface area contributed by atoms with Gasteiger partial charge in [0.05, 0.1) is 0 Å². The van der Waals surface area contributed by atoms with Crippen LogP contribution in [0, 0.1) is 5.82 Å². The second-order valence-electron chi connectivity index (χ2n) is 4.75. The van der Waals surface area contributed by atoms with E-state index in [1.54, 1.807) is 12.1 Å². The van der Waals surface area contributed by atoms with Gasteiger partial charge in [0.1, 0.15) is 11.6 Å². The van der Waals surface area contributed by atoms with Gasteiger partial charge >= 0.3 is 0 Å². The maximum absolute atomic E-state index is 12.8. The highest BCUT2D eigenvalue weighted by atomic mass is 19.1. The summed E-state index contributed by atoms with van der Waals surface area (Å²) in [7, 11) is 0. The van der Waals surface area contributed by atoms with E-state index >= 15 is 0 Å². The van der Waals surface area contributed by atoms with E-state index < -0.39 is 0 Å². The van der Waals surface area contributed by atoms with Gasteiger partial charge in [0.25, 0.3) is 0 Å². The molecular weight excluding hydrogens is 217 g/mol. The number of hydrogen-bond acceptors (Lipinski definition) is 2. The van der Waals surface area contributed by atoms with Crippen LogP contribution in [0.5, 0.6) is 0 Å². The Labute approximate surface area is 101 Å². The molecule has 1 aliphatic rings. The molecule has 0 amide bonds. The molecular formula is C14H18FNO. The van der Waals surface area contributed by atoms with E-state index in [9.17, 15) is 9.18 Å². The fourth-order valence-electron chi connectivity index (χ4n) is 2.38. The number of rotatable bonds is 3. The molecule has 1 heterocycles. The molecule has 1 aromatic rings. The quantitative estimate of drug-likeness (QED) is 0.872. The molecule has 1 N–H and O–H groups in total. The van der Waals surface area contributed by atoms with Crippen molar-refractivity contribution in [2.75, 3.05) is 0 Å². The SMILES string of the molecule is CCC1CC(=O)CC(Cc2ccc(F)cc2)N1. The summed E-state index contributed by atoms with van der Waals surface area (Å²) < 4.78 is 12.8. The lowest BCUT2D eigenvalue weighted by molar-refractivity contribution is -0.121. The first-order chi connectivity index (χ1) is 8.17. The Morgan fingerprint density at radius 3 is 2.53 bits per heavy atom. The largest absolute Gasteiger partial charge is 0.310 e. The zero-order valence-electron chi connectivity index (χ0n) is 10.1. The zero-order chi connectivity index (χ0) is 12.3. The molecule has 2 atom stereocenters. The number of carbonyl (C=O) groups excluding carboxylic acids is 1. The van der Waals surface area contributed by atoms with Crippen molar-refractivity contribution in [2.45, 2.75) is 44.7 Å². The van der Waals surface area contributed by atoms with Gasteiger partial charge in [-0.05, 0) is 30.5 Å². The number of ketones is 1. The summed E-state index contributed by atoms with van der Waals surface area (Å²) in [5, 5.41) is 3.48. The molecule has 0 saturated carbocycles. The standard InChI is InChI=1S/C14H18FNO/c1-2-12-8-14(17)9-13(16-12)7-10-3-5-11(15)6-4-10/h3-6,12-13,16H,2,7-9H2,1H3. The van der Waals surface area contributed by atoms with Gasteiger partial charge in [-0.15, -0.1) is 0 Å². The first kappa shape index (κ1) is 12.2. The van der Waals surface area contributed by atoms with E-state index in [1.165, 1.54) is 12.1 Å². The van der Waals surface area contributed by atoms with Crippen molar-refractivity contribution >= 4 is 5.78 Å². The average Bonchev–Trinajstić information content (AvgIpc) is 2.31. The zero-order valence-corrected chi connectivity index (χ0v) is 10.1. The molecule has 17 heavy (non-hydrogen) atoms. The van der Waals surface area contributed by atoms with Crippen LogP contribution in [0.15, 0.2) is 24.3 Å². The lowest BCUT2D eigenvalue weighted by atomic mass is 9.92. The third-order valence-corrected chi connectivity index (χ3v) is 3.31. The highest BCUT2D eigenvalue weighted by Crippen LogP contribution is 2.16. The van der Waals surface area contributed by atoms with E-state index in [2.05, 4.69) is 12.2 Å². The monoisotopic (exact) mass is 235 g/mol. The smallest absolute Gasteiger partial charge is 0.136 e. The molecule has 0 spiro atoms. The van der Waals surface area contributed by atoms with Gasteiger partial charge in [0.15, 0.2) is 0 Å². The first-order valence-corrected chi connectivity index (χ1v) is 6.19. The average molecular weight is 235 g/mol. The van der Waals surface area contributed by atoms with Gasteiger partial charge in [-0.3, -0.25) is 4.79 Å². The molecule has 2 nitrogen and oxygen atoms in total. The minimum absolute atomic E-state index is 0.201. The number of hydrogen-bond donors (Lipinski definition) is 1. The van der Waals surface area contributed by atoms with Crippen molar-refractivity contribution in [1.29, 1.82) is 0 Å². The van der Waals surface area contributed by atoms with Crippen LogP contribution >= 0.6 is 0 Å². The van der Waals surface area contributed by atoms with Crippen LogP contribution in [0.25, 0.3) is 0 Å². The Bertz CT molecular complexity index is 388. The van der Waals surface area contributed by atoms with E-state index in [-0.39, 0.29) is 11.9 Å². The lowest BCUT2D eigenvalue weighted by Gasteiger charge is -2.29. The third-order valence-electron chi connectivity index (χ3n) is 3.31. The maximum Gasteiger partial charge on any atom is 0.136 e. The van der Waals surface area contributed by atoms with Gasteiger partial charge in [0, 0.05) is 24.9 Å². The Hall–Kier alpha value is -1.22. The summed E-state index contributed by atoms with van der Waals surface area (Å²) >= 11 is 0. The number of benzene rings is 1. The predicted octanol–water partition coefficient (Wildman–Crippen LogP) is 2.47. The number of piperidine rings is 1. The topological polar surface area (TPSA) is 29.1 Å². The summed E-state index contributed by atoms with van der Waals surface area (Å²) in [5.74, 6) is 0.121. The summed E-state index contributed by atoms with van der Waals surface area (Å²) in [6, 6.07) is 7.02. The maximum atomic E-state index is 12.8. The van der Waals surface area contributed by atoms with Crippen LogP contribution in [-0.2, 0) is 11.2 Å². The van der Waals surface area contributed by atoms with Crippen LogP contribution < -0.4 is 5.32 Å². The van der Waals surface area contributed by atoms with E-state index in [1.807, 2.05) is 0 Å². The minimum atomic E-state index is -0.215. The molecule has 0 radical (unpaired) electrons. The van der Waals surface area contributed by atoms with Gasteiger partial charge in [0.2, 0.25) is 0 Å². The molecule has 1 saturated heterocycles. The fraction of sp³-hybridized carbons (Fsp3) is 0.500. The number of carbonyl (C=O) groups is 1. The van der Waals surface area contributed by atoms with Crippen LogP contribution in [0.2, 0.25) is 0 Å². The fourth-order valence-corrected chi connectivity index (χ4v) is 2.38. The molecule has 1 aromatic carbocycles. The third kappa shape index (κ3) is 3.37.